The highest BCUT2D eigenvalue weighted by atomic mass is 19.1. The molecule has 1 fully saturated rings. The Bertz CT molecular complexity index is 87.1. The Balaban J connectivity index is 2.41. The third-order valence-corrected chi connectivity index (χ3v) is 1.70. The van der Waals surface area contributed by atoms with Gasteiger partial charge in [-0.1, -0.05) is 0 Å². The molecule has 1 saturated carbocycles. The van der Waals surface area contributed by atoms with Gasteiger partial charge in [-0.2, -0.15) is 0 Å². The summed E-state index contributed by atoms with van der Waals surface area (Å²) in [7, 11) is 0. The summed E-state index contributed by atoms with van der Waals surface area (Å²) >= 11 is 0. The van der Waals surface area contributed by atoms with Crippen LogP contribution in [0, 0.1) is 0 Å². The molecule has 0 aromatic heterocycles. The highest BCUT2D eigenvalue weighted by molar-refractivity contribution is 4.81. The molecule has 0 spiro atoms. The van der Waals surface area contributed by atoms with Crippen molar-refractivity contribution in [2.24, 2.45) is 0 Å². The second-order valence-electron chi connectivity index (χ2n) is 2.45. The predicted octanol–water partition coefficient (Wildman–Crippen LogP) is 1.21. The molecule has 54 valence electrons. The third-order valence-electron chi connectivity index (χ3n) is 1.70. The maximum absolute atomic E-state index is 12.3. The lowest BCUT2D eigenvalue weighted by molar-refractivity contribution is -0.0169. The van der Waals surface area contributed by atoms with E-state index in [-0.39, 0.29) is 0 Å². The van der Waals surface area contributed by atoms with Gasteiger partial charge in [-0.3, -0.25) is 0 Å². The number of halogens is 2. The number of aliphatic hydroxyl groups excluding tert-OH is 1. The van der Waals surface area contributed by atoms with Crippen LogP contribution >= 0.6 is 0 Å². The molecule has 0 aromatic rings. The lowest BCUT2D eigenvalue weighted by atomic mass is 9.94. The molecule has 0 saturated heterocycles. The summed E-state index contributed by atoms with van der Waals surface area (Å²) in [6.07, 6.45) is -2.87. The predicted molar refractivity (Wildman–Crippen MR) is 29.6 cm³/mol. The largest absolute Gasteiger partial charge is 0.387 e. The van der Waals surface area contributed by atoms with Gasteiger partial charge in [0.05, 0.1) is 0 Å². The van der Waals surface area contributed by atoms with Crippen LogP contribution in [0.15, 0.2) is 0 Å². The van der Waals surface area contributed by atoms with Crippen molar-refractivity contribution in [1.82, 2.24) is 0 Å². The summed E-state index contributed by atoms with van der Waals surface area (Å²) in [4.78, 5) is 0. The van der Waals surface area contributed by atoms with Gasteiger partial charge in [-0.05, 0) is 19.3 Å². The standard InChI is InChI=1S/C6H10F2O/c7-4-2-1-3-5(8)6(4)9/h4-6,9H,1-3H2/t4-,5+,6?. The van der Waals surface area contributed by atoms with Crippen LogP contribution in [0.4, 0.5) is 8.78 Å². The Labute approximate surface area is 52.7 Å². The van der Waals surface area contributed by atoms with E-state index in [9.17, 15) is 8.78 Å². The molecule has 0 heterocycles. The van der Waals surface area contributed by atoms with Gasteiger partial charge in [0.15, 0.2) is 0 Å². The van der Waals surface area contributed by atoms with Gasteiger partial charge in [0.2, 0.25) is 0 Å². The van der Waals surface area contributed by atoms with Gasteiger partial charge in [-0.25, -0.2) is 8.78 Å². The number of aliphatic hydroxyl groups is 1. The van der Waals surface area contributed by atoms with E-state index in [2.05, 4.69) is 0 Å². The zero-order valence-electron chi connectivity index (χ0n) is 5.06. The molecule has 1 N–H and O–H groups in total. The van der Waals surface area contributed by atoms with Crippen LogP contribution < -0.4 is 0 Å². The number of hydrogen-bond donors (Lipinski definition) is 1. The van der Waals surface area contributed by atoms with Crippen molar-refractivity contribution in [3.63, 3.8) is 0 Å². The smallest absolute Gasteiger partial charge is 0.129 e. The minimum Gasteiger partial charge on any atom is -0.387 e. The first kappa shape index (κ1) is 6.93. The lowest BCUT2D eigenvalue weighted by Gasteiger charge is -2.24. The molecule has 9 heavy (non-hydrogen) atoms. The molecule has 3 atom stereocenters. The van der Waals surface area contributed by atoms with Crippen LogP contribution in [0.2, 0.25) is 0 Å². The van der Waals surface area contributed by atoms with E-state index in [1.807, 2.05) is 0 Å². The first-order valence-corrected chi connectivity index (χ1v) is 3.18. The average Bonchev–Trinajstić information content (AvgIpc) is 1.83. The van der Waals surface area contributed by atoms with Crippen LogP contribution in [0.25, 0.3) is 0 Å². The highest BCUT2D eigenvalue weighted by Gasteiger charge is 2.31. The number of rotatable bonds is 0. The monoisotopic (exact) mass is 136 g/mol. The molecule has 1 nitrogen and oxygen atoms in total. The highest BCUT2D eigenvalue weighted by Crippen LogP contribution is 2.23. The topological polar surface area (TPSA) is 20.2 Å². The summed E-state index contributed by atoms with van der Waals surface area (Å²) < 4.78 is 24.7. The second kappa shape index (κ2) is 2.60. The molecule has 0 amide bonds. The van der Waals surface area contributed by atoms with Crippen molar-refractivity contribution in [1.29, 1.82) is 0 Å². The van der Waals surface area contributed by atoms with Crippen molar-refractivity contribution in [2.75, 3.05) is 0 Å². The number of alkyl halides is 2. The quantitative estimate of drug-likeness (QED) is 0.530. The van der Waals surface area contributed by atoms with Crippen LogP contribution in [0.5, 0.6) is 0 Å². The molecular weight excluding hydrogens is 126 g/mol. The van der Waals surface area contributed by atoms with Crippen LogP contribution in [0.3, 0.4) is 0 Å². The summed E-state index contributed by atoms with van der Waals surface area (Å²) in [5.74, 6) is 0. The molecule has 1 unspecified atom stereocenters. The average molecular weight is 136 g/mol. The van der Waals surface area contributed by atoms with Crippen molar-refractivity contribution >= 4 is 0 Å². The van der Waals surface area contributed by atoms with Gasteiger partial charge in [0, 0.05) is 0 Å². The van der Waals surface area contributed by atoms with Crippen LogP contribution in [-0.4, -0.2) is 23.6 Å². The Kier molecular flexibility index (Phi) is 2.01. The Morgan fingerprint density at radius 3 is 1.89 bits per heavy atom. The summed E-state index contributed by atoms with van der Waals surface area (Å²) in [5, 5.41) is 8.70. The van der Waals surface area contributed by atoms with E-state index >= 15 is 0 Å². The van der Waals surface area contributed by atoms with E-state index in [1.165, 1.54) is 0 Å². The molecule has 1 rings (SSSR count). The fraction of sp³-hybridized carbons (Fsp3) is 1.00. The van der Waals surface area contributed by atoms with Crippen molar-refractivity contribution in [2.45, 2.75) is 37.7 Å². The molecular formula is C6H10F2O. The van der Waals surface area contributed by atoms with Gasteiger partial charge >= 0.3 is 0 Å². The second-order valence-corrected chi connectivity index (χ2v) is 2.45. The van der Waals surface area contributed by atoms with Crippen molar-refractivity contribution in [3.8, 4) is 0 Å². The van der Waals surface area contributed by atoms with Crippen LogP contribution in [-0.2, 0) is 0 Å². The first-order valence-electron chi connectivity index (χ1n) is 3.18. The Hall–Kier alpha value is -0.180. The van der Waals surface area contributed by atoms with E-state index in [0.29, 0.717) is 19.3 Å². The summed E-state index contributed by atoms with van der Waals surface area (Å²) in [6.45, 7) is 0. The maximum Gasteiger partial charge on any atom is 0.129 e. The van der Waals surface area contributed by atoms with Gasteiger partial charge in [-0.15, -0.1) is 0 Å². The van der Waals surface area contributed by atoms with Gasteiger partial charge in [0.25, 0.3) is 0 Å². The zero-order valence-corrected chi connectivity index (χ0v) is 5.06. The lowest BCUT2D eigenvalue weighted by Crippen LogP contribution is -2.35. The van der Waals surface area contributed by atoms with Crippen molar-refractivity contribution in [3.05, 3.63) is 0 Å². The molecule has 0 radical (unpaired) electrons. The molecule has 0 bridgehead atoms. The molecule has 1 aliphatic carbocycles. The van der Waals surface area contributed by atoms with Crippen LogP contribution in [0.1, 0.15) is 19.3 Å². The molecule has 3 heteroatoms. The van der Waals surface area contributed by atoms with E-state index < -0.39 is 18.4 Å². The first-order chi connectivity index (χ1) is 4.22. The minimum atomic E-state index is -1.36. The zero-order chi connectivity index (χ0) is 6.85. The summed E-state index contributed by atoms with van der Waals surface area (Å²) in [6, 6.07) is 0. The normalized spacial score (nSPS) is 45.0. The SMILES string of the molecule is OC1[C@H](F)CCC[C@@H]1F. The van der Waals surface area contributed by atoms with Gasteiger partial charge in [0.1, 0.15) is 18.4 Å². The summed E-state index contributed by atoms with van der Waals surface area (Å²) in [5.41, 5.74) is 0. The molecule has 1 aliphatic rings. The fourth-order valence-corrected chi connectivity index (χ4v) is 1.08. The van der Waals surface area contributed by atoms with E-state index in [1.54, 1.807) is 0 Å². The van der Waals surface area contributed by atoms with Gasteiger partial charge < -0.3 is 5.11 Å². The molecule has 0 aromatic carbocycles. The fourth-order valence-electron chi connectivity index (χ4n) is 1.08. The van der Waals surface area contributed by atoms with E-state index in [4.69, 9.17) is 5.11 Å². The third kappa shape index (κ3) is 1.39. The maximum atomic E-state index is 12.3. The van der Waals surface area contributed by atoms with Crippen molar-refractivity contribution < 1.29 is 13.9 Å². The Morgan fingerprint density at radius 1 is 1.11 bits per heavy atom. The van der Waals surface area contributed by atoms with E-state index in [0.717, 1.165) is 0 Å². The minimum absolute atomic E-state index is 0.307. The Morgan fingerprint density at radius 2 is 1.56 bits per heavy atom. The number of hydrogen-bond acceptors (Lipinski definition) is 1. The molecule has 0 aliphatic heterocycles.